The van der Waals surface area contributed by atoms with Crippen LogP contribution in [0.5, 0.6) is 11.5 Å². The maximum Gasteiger partial charge on any atom is 0.261 e. The second kappa shape index (κ2) is 10.2. The lowest BCUT2D eigenvalue weighted by Crippen LogP contribution is -2.22. The van der Waals surface area contributed by atoms with E-state index in [4.69, 9.17) is 9.47 Å². The molecule has 0 aliphatic carbocycles. The van der Waals surface area contributed by atoms with E-state index in [-0.39, 0.29) is 11.9 Å². The van der Waals surface area contributed by atoms with E-state index in [1.807, 2.05) is 54.1 Å². The Balaban J connectivity index is 1.60. The van der Waals surface area contributed by atoms with Crippen molar-refractivity contribution in [2.24, 2.45) is 0 Å². The van der Waals surface area contributed by atoms with Gasteiger partial charge in [-0.05, 0) is 48.7 Å². The number of rotatable bonds is 7. The Morgan fingerprint density at radius 3 is 2.46 bits per heavy atom. The van der Waals surface area contributed by atoms with Gasteiger partial charge in [0, 0.05) is 16.9 Å². The molecule has 3 aromatic carbocycles. The lowest BCUT2D eigenvalue weighted by molar-refractivity contribution is 0.102. The van der Waals surface area contributed by atoms with E-state index in [9.17, 15) is 4.79 Å². The first-order valence-electron chi connectivity index (χ1n) is 12.3. The zero-order valence-electron chi connectivity index (χ0n) is 21.4. The fourth-order valence-corrected chi connectivity index (χ4v) is 4.55. The maximum atomic E-state index is 13.4. The number of allylic oxidation sites excluding steroid dienone is 1. The average molecular weight is 495 g/mol. The van der Waals surface area contributed by atoms with Crippen molar-refractivity contribution < 1.29 is 14.3 Å². The van der Waals surface area contributed by atoms with Crippen molar-refractivity contribution in [2.45, 2.75) is 26.3 Å². The SMILES string of the molecule is CCc1ccc(C2=C[C@H](c3cccc(OC)c3OC)n3ncc(C(=O)Nc4ccc(C)cc4)c3N2)cc1. The van der Waals surface area contributed by atoms with E-state index in [0.29, 0.717) is 22.9 Å². The van der Waals surface area contributed by atoms with Gasteiger partial charge in [0.1, 0.15) is 17.4 Å². The predicted molar refractivity (Wildman–Crippen MR) is 146 cm³/mol. The first-order chi connectivity index (χ1) is 18.0. The zero-order chi connectivity index (χ0) is 25.9. The summed E-state index contributed by atoms with van der Waals surface area (Å²) in [6, 6.07) is 21.6. The molecule has 1 atom stereocenters. The molecule has 0 fully saturated rings. The molecule has 5 rings (SSSR count). The van der Waals surface area contributed by atoms with Crippen molar-refractivity contribution in [3.05, 3.63) is 107 Å². The first kappa shape index (κ1) is 24.2. The van der Waals surface area contributed by atoms with Crippen LogP contribution >= 0.6 is 0 Å². The van der Waals surface area contributed by atoms with Crippen LogP contribution in [0.15, 0.2) is 79.0 Å². The summed E-state index contributed by atoms with van der Waals surface area (Å²) in [7, 11) is 3.24. The van der Waals surface area contributed by atoms with E-state index in [0.717, 1.165) is 34.5 Å². The number of carbonyl (C=O) groups excluding carboxylic acids is 1. The number of ether oxygens (including phenoxy) is 2. The second-order valence-corrected chi connectivity index (χ2v) is 8.95. The molecule has 7 heteroatoms. The highest BCUT2D eigenvalue weighted by molar-refractivity contribution is 6.08. The Morgan fingerprint density at radius 2 is 1.78 bits per heavy atom. The van der Waals surface area contributed by atoms with Gasteiger partial charge in [0.2, 0.25) is 0 Å². The van der Waals surface area contributed by atoms with Crippen molar-refractivity contribution in [3.8, 4) is 11.5 Å². The van der Waals surface area contributed by atoms with Crippen LogP contribution in [-0.4, -0.2) is 29.9 Å². The van der Waals surface area contributed by atoms with Crippen molar-refractivity contribution >= 4 is 23.1 Å². The van der Waals surface area contributed by atoms with Gasteiger partial charge in [-0.3, -0.25) is 4.79 Å². The number of methoxy groups -OCH3 is 2. The van der Waals surface area contributed by atoms with Crippen LogP contribution in [0.3, 0.4) is 0 Å². The molecule has 0 saturated heterocycles. The number of aromatic nitrogens is 2. The Bertz CT molecular complexity index is 1450. The van der Waals surface area contributed by atoms with Crippen molar-refractivity contribution in [3.63, 3.8) is 0 Å². The molecule has 37 heavy (non-hydrogen) atoms. The number of amides is 1. The monoisotopic (exact) mass is 494 g/mol. The van der Waals surface area contributed by atoms with Gasteiger partial charge in [-0.25, -0.2) is 4.68 Å². The fourth-order valence-electron chi connectivity index (χ4n) is 4.55. The zero-order valence-corrected chi connectivity index (χ0v) is 21.4. The smallest absolute Gasteiger partial charge is 0.261 e. The van der Waals surface area contributed by atoms with Crippen molar-refractivity contribution in [1.82, 2.24) is 9.78 Å². The summed E-state index contributed by atoms with van der Waals surface area (Å²) in [6.07, 6.45) is 4.66. The second-order valence-electron chi connectivity index (χ2n) is 8.95. The molecule has 1 aliphatic heterocycles. The van der Waals surface area contributed by atoms with Crippen molar-refractivity contribution in [2.75, 3.05) is 24.9 Å². The van der Waals surface area contributed by atoms with Crippen LogP contribution < -0.4 is 20.1 Å². The molecule has 1 amide bonds. The normalized spacial score (nSPS) is 14.3. The lowest BCUT2D eigenvalue weighted by Gasteiger charge is -2.27. The Labute approximate surface area is 216 Å². The summed E-state index contributed by atoms with van der Waals surface area (Å²) >= 11 is 0. The summed E-state index contributed by atoms with van der Waals surface area (Å²) in [4.78, 5) is 13.4. The van der Waals surface area contributed by atoms with Gasteiger partial charge >= 0.3 is 0 Å². The van der Waals surface area contributed by atoms with Crippen molar-refractivity contribution in [1.29, 1.82) is 0 Å². The van der Waals surface area contributed by atoms with Gasteiger partial charge in [-0.2, -0.15) is 5.10 Å². The summed E-state index contributed by atoms with van der Waals surface area (Å²) in [6.45, 7) is 4.15. The van der Waals surface area contributed by atoms with Gasteiger partial charge < -0.3 is 20.1 Å². The van der Waals surface area contributed by atoms with Gasteiger partial charge in [-0.15, -0.1) is 0 Å². The van der Waals surface area contributed by atoms with E-state index >= 15 is 0 Å². The molecule has 2 heterocycles. The minimum absolute atomic E-state index is 0.239. The summed E-state index contributed by atoms with van der Waals surface area (Å²) in [5.41, 5.74) is 6.33. The van der Waals surface area contributed by atoms with Crippen LogP contribution in [-0.2, 0) is 6.42 Å². The van der Waals surface area contributed by atoms with Crippen LogP contribution in [0.2, 0.25) is 0 Å². The summed E-state index contributed by atoms with van der Waals surface area (Å²) in [5.74, 6) is 1.63. The molecule has 188 valence electrons. The highest BCUT2D eigenvalue weighted by Crippen LogP contribution is 2.41. The Morgan fingerprint density at radius 1 is 1.03 bits per heavy atom. The number of carbonyl (C=O) groups is 1. The molecule has 0 radical (unpaired) electrons. The van der Waals surface area contributed by atoms with E-state index < -0.39 is 0 Å². The topological polar surface area (TPSA) is 77.4 Å². The van der Waals surface area contributed by atoms with Gasteiger partial charge in [0.05, 0.1) is 20.4 Å². The quantitative estimate of drug-likeness (QED) is 0.326. The third kappa shape index (κ3) is 4.68. The Kier molecular flexibility index (Phi) is 6.68. The van der Waals surface area contributed by atoms with Gasteiger partial charge in [0.15, 0.2) is 11.5 Å². The molecule has 1 aliphatic rings. The third-order valence-electron chi connectivity index (χ3n) is 6.62. The predicted octanol–water partition coefficient (Wildman–Crippen LogP) is 6.08. The largest absolute Gasteiger partial charge is 0.493 e. The minimum atomic E-state index is -0.330. The van der Waals surface area contributed by atoms with Gasteiger partial charge in [0.25, 0.3) is 5.91 Å². The fraction of sp³-hybridized carbons (Fsp3) is 0.200. The van der Waals surface area contributed by atoms with Gasteiger partial charge in [-0.1, -0.05) is 61.0 Å². The average Bonchev–Trinajstić information content (AvgIpc) is 3.37. The number of nitrogens with zero attached hydrogens (tertiary/aromatic N) is 2. The van der Waals surface area contributed by atoms with Crippen LogP contribution in [0.4, 0.5) is 11.5 Å². The molecule has 1 aromatic heterocycles. The summed E-state index contributed by atoms with van der Waals surface area (Å²) in [5, 5.41) is 11.1. The van der Waals surface area contributed by atoms with E-state index in [1.165, 1.54) is 5.56 Å². The lowest BCUT2D eigenvalue weighted by atomic mass is 9.99. The number of aryl methyl sites for hydroxylation is 2. The first-order valence-corrected chi connectivity index (χ1v) is 12.3. The number of anilines is 2. The molecular formula is C30H30N4O3. The van der Waals surface area contributed by atoms with E-state index in [2.05, 4.69) is 53.0 Å². The number of nitrogens with one attached hydrogen (secondary N) is 2. The standard InChI is InChI=1S/C30H30N4O3/c1-5-20-11-13-21(14-12-20)25-17-26(23-7-6-8-27(36-3)28(23)37-4)34-29(33-25)24(18-31-34)30(35)32-22-15-9-19(2)10-16-22/h6-18,26,33H,5H2,1-4H3,(H,32,35)/t26-/m1/s1. The molecule has 0 bridgehead atoms. The number of fused-ring (bicyclic) bond motifs is 1. The number of hydrogen-bond donors (Lipinski definition) is 2. The molecule has 2 N–H and O–H groups in total. The molecule has 0 unspecified atom stereocenters. The summed E-state index contributed by atoms with van der Waals surface area (Å²) < 4.78 is 13.1. The molecule has 7 nitrogen and oxygen atoms in total. The number of hydrogen-bond acceptors (Lipinski definition) is 5. The number of para-hydroxylation sites is 1. The van der Waals surface area contributed by atoms with Crippen LogP contribution in [0.1, 0.15) is 45.6 Å². The number of benzene rings is 3. The third-order valence-corrected chi connectivity index (χ3v) is 6.62. The Hall–Kier alpha value is -4.52. The van der Waals surface area contributed by atoms with Crippen LogP contribution in [0, 0.1) is 6.92 Å². The highest BCUT2D eigenvalue weighted by Gasteiger charge is 2.30. The molecule has 0 spiro atoms. The molecule has 0 saturated carbocycles. The minimum Gasteiger partial charge on any atom is -0.493 e. The molecule has 4 aromatic rings. The highest BCUT2D eigenvalue weighted by atomic mass is 16.5. The molecular weight excluding hydrogens is 464 g/mol. The van der Waals surface area contributed by atoms with Crippen LogP contribution in [0.25, 0.3) is 5.70 Å². The van der Waals surface area contributed by atoms with E-state index in [1.54, 1.807) is 20.4 Å². The maximum absolute atomic E-state index is 13.4.